The molecule has 0 radical (unpaired) electrons. The number of fused-ring (bicyclic) bond motifs is 2. The summed E-state index contributed by atoms with van der Waals surface area (Å²) in [5, 5.41) is 10.9. The number of rotatable bonds is 3. The zero-order valence-electron chi connectivity index (χ0n) is 16.0. The van der Waals surface area contributed by atoms with Gasteiger partial charge in [-0.15, -0.1) is 0 Å². The number of likely N-dealkylation sites (N-methyl/N-ethyl adjacent to an activating group) is 1. The average molecular weight is 355 g/mol. The summed E-state index contributed by atoms with van der Waals surface area (Å²) in [6, 6.07) is 5.97. The molecule has 2 aromatic carbocycles. The van der Waals surface area contributed by atoms with Crippen molar-refractivity contribution >= 4 is 0 Å². The molecule has 138 valence electrons. The smallest absolute Gasteiger partial charge is 0.169 e. The molecular weight excluding hydrogens is 330 g/mol. The molecule has 1 aliphatic heterocycles. The van der Waals surface area contributed by atoms with Gasteiger partial charge in [-0.25, -0.2) is 0 Å². The number of phenols is 1. The van der Waals surface area contributed by atoms with Gasteiger partial charge >= 0.3 is 0 Å². The van der Waals surface area contributed by atoms with Crippen LogP contribution in [-0.2, 0) is 18.4 Å². The Morgan fingerprint density at radius 2 is 1.73 bits per heavy atom. The highest BCUT2D eigenvalue weighted by molar-refractivity contribution is 5.89. The summed E-state index contributed by atoms with van der Waals surface area (Å²) in [5.41, 5.74) is 5.13. The highest BCUT2D eigenvalue weighted by Crippen LogP contribution is 2.57. The van der Waals surface area contributed by atoms with Gasteiger partial charge < -0.3 is 19.3 Å². The summed E-state index contributed by atoms with van der Waals surface area (Å²) in [4.78, 5) is 2.40. The molecule has 0 fully saturated rings. The summed E-state index contributed by atoms with van der Waals surface area (Å²) >= 11 is 0. The third-order valence-electron chi connectivity index (χ3n) is 6.08. The van der Waals surface area contributed by atoms with Crippen LogP contribution in [0.5, 0.6) is 23.0 Å². The molecule has 1 aliphatic carbocycles. The number of hydrogen-bond donors (Lipinski definition) is 1. The van der Waals surface area contributed by atoms with E-state index in [1.807, 2.05) is 12.1 Å². The fourth-order valence-corrected chi connectivity index (χ4v) is 4.62. The van der Waals surface area contributed by atoms with Crippen LogP contribution in [-0.4, -0.2) is 44.9 Å². The number of hydrogen-bond acceptors (Lipinski definition) is 5. The average Bonchev–Trinajstić information content (AvgIpc) is 2.64. The molecule has 0 bridgehead atoms. The van der Waals surface area contributed by atoms with Crippen molar-refractivity contribution < 1.29 is 19.3 Å². The Kier molecular flexibility index (Phi) is 3.81. The summed E-state index contributed by atoms with van der Waals surface area (Å²) in [7, 11) is 7.04. The van der Waals surface area contributed by atoms with E-state index in [-0.39, 0.29) is 11.3 Å². The largest absolute Gasteiger partial charge is 0.504 e. The molecule has 5 heteroatoms. The zero-order valence-corrected chi connectivity index (χ0v) is 16.0. The van der Waals surface area contributed by atoms with Crippen molar-refractivity contribution in [2.45, 2.75) is 25.3 Å². The van der Waals surface area contributed by atoms with E-state index in [9.17, 15) is 5.11 Å². The minimum atomic E-state index is -0.156. The maximum Gasteiger partial charge on any atom is 0.169 e. The second kappa shape index (κ2) is 5.81. The van der Waals surface area contributed by atoms with Gasteiger partial charge in [0.25, 0.3) is 0 Å². The molecule has 0 unspecified atom stereocenters. The number of methoxy groups -OCH3 is 3. The van der Waals surface area contributed by atoms with E-state index in [1.54, 1.807) is 21.3 Å². The quantitative estimate of drug-likeness (QED) is 0.915. The first-order valence-electron chi connectivity index (χ1n) is 8.85. The standard InChI is InChI=1S/C21H25NO4/c1-21-11-13-6-7-14(24-3)19(23)16(13)17-18(21)12(8-9-22(21)2)10-15(25-4)20(17)26-5/h6-7,10,23H,8-9,11H2,1-5H3/t21-/m0/s1. The summed E-state index contributed by atoms with van der Waals surface area (Å²) in [5.74, 6) is 1.99. The van der Waals surface area contributed by atoms with E-state index >= 15 is 0 Å². The zero-order chi connectivity index (χ0) is 18.6. The van der Waals surface area contributed by atoms with Crippen molar-refractivity contribution in [2.24, 2.45) is 0 Å². The Balaban J connectivity index is 2.16. The van der Waals surface area contributed by atoms with Gasteiger partial charge in [-0.05, 0) is 55.6 Å². The summed E-state index contributed by atoms with van der Waals surface area (Å²) in [6.07, 6.45) is 1.76. The lowest BCUT2D eigenvalue weighted by molar-refractivity contribution is 0.121. The van der Waals surface area contributed by atoms with Crippen LogP contribution in [0.4, 0.5) is 0 Å². The molecule has 4 rings (SSSR count). The molecule has 0 aromatic heterocycles. The molecular formula is C21H25NO4. The predicted octanol–water partition coefficient (Wildman–Crippen LogP) is 3.34. The van der Waals surface area contributed by atoms with Gasteiger partial charge in [0.15, 0.2) is 23.0 Å². The lowest BCUT2D eigenvalue weighted by Gasteiger charge is -2.48. The van der Waals surface area contributed by atoms with Crippen LogP contribution < -0.4 is 14.2 Å². The van der Waals surface area contributed by atoms with Crippen LogP contribution in [0, 0.1) is 0 Å². The fourth-order valence-electron chi connectivity index (χ4n) is 4.62. The Morgan fingerprint density at radius 1 is 1.00 bits per heavy atom. The first kappa shape index (κ1) is 17.0. The third-order valence-corrected chi connectivity index (χ3v) is 6.08. The van der Waals surface area contributed by atoms with Gasteiger partial charge in [-0.2, -0.15) is 0 Å². The van der Waals surface area contributed by atoms with Crippen molar-refractivity contribution in [3.8, 4) is 34.1 Å². The number of benzene rings is 2. The maximum atomic E-state index is 10.9. The monoisotopic (exact) mass is 355 g/mol. The lowest BCUT2D eigenvalue weighted by Crippen LogP contribution is -2.49. The maximum absolute atomic E-state index is 10.9. The second-order valence-electron chi connectivity index (χ2n) is 7.29. The molecule has 0 saturated carbocycles. The van der Waals surface area contributed by atoms with Crippen LogP contribution in [0.1, 0.15) is 23.6 Å². The molecule has 5 nitrogen and oxygen atoms in total. The SMILES string of the molecule is COc1ccc2c(c1O)-c1c(OC)c(OC)cc3c1[C@](C)(C2)N(C)CC3. The van der Waals surface area contributed by atoms with Crippen molar-refractivity contribution in [1.29, 1.82) is 0 Å². The molecule has 1 atom stereocenters. The molecule has 2 aliphatic rings. The molecule has 1 heterocycles. The normalized spacial score (nSPS) is 21.0. The van der Waals surface area contributed by atoms with Gasteiger partial charge in [0.05, 0.1) is 21.3 Å². The predicted molar refractivity (Wildman–Crippen MR) is 101 cm³/mol. The lowest BCUT2D eigenvalue weighted by atomic mass is 9.69. The molecule has 26 heavy (non-hydrogen) atoms. The Bertz CT molecular complexity index is 892. The minimum absolute atomic E-state index is 0.156. The Morgan fingerprint density at radius 3 is 2.38 bits per heavy atom. The van der Waals surface area contributed by atoms with Crippen molar-refractivity contribution in [3.63, 3.8) is 0 Å². The van der Waals surface area contributed by atoms with Gasteiger partial charge in [0.2, 0.25) is 0 Å². The Hall–Kier alpha value is -2.40. The van der Waals surface area contributed by atoms with Gasteiger partial charge in [-0.1, -0.05) is 6.07 Å². The third kappa shape index (κ3) is 2.07. The molecule has 0 amide bonds. The van der Waals surface area contributed by atoms with Crippen molar-refractivity contribution in [2.75, 3.05) is 34.9 Å². The van der Waals surface area contributed by atoms with Crippen molar-refractivity contribution in [1.82, 2.24) is 4.90 Å². The number of ether oxygens (including phenoxy) is 3. The molecule has 0 saturated heterocycles. The van der Waals surface area contributed by atoms with Crippen LogP contribution in [0.15, 0.2) is 18.2 Å². The van der Waals surface area contributed by atoms with E-state index in [2.05, 4.69) is 24.9 Å². The molecule has 2 aromatic rings. The molecule has 0 spiro atoms. The van der Waals surface area contributed by atoms with E-state index in [4.69, 9.17) is 14.2 Å². The first-order chi connectivity index (χ1) is 12.5. The van der Waals surface area contributed by atoms with E-state index in [0.29, 0.717) is 17.2 Å². The van der Waals surface area contributed by atoms with E-state index < -0.39 is 0 Å². The van der Waals surface area contributed by atoms with Crippen molar-refractivity contribution in [3.05, 3.63) is 34.9 Å². The van der Waals surface area contributed by atoms with Crippen LogP contribution in [0.2, 0.25) is 0 Å². The summed E-state index contributed by atoms with van der Waals surface area (Å²) in [6.45, 7) is 3.25. The van der Waals surface area contributed by atoms with E-state index in [0.717, 1.165) is 36.1 Å². The number of nitrogens with zero attached hydrogens (tertiary/aromatic N) is 1. The van der Waals surface area contributed by atoms with Gasteiger partial charge in [0, 0.05) is 23.2 Å². The van der Waals surface area contributed by atoms with Crippen LogP contribution >= 0.6 is 0 Å². The highest BCUT2D eigenvalue weighted by atomic mass is 16.5. The fraction of sp³-hybridized carbons (Fsp3) is 0.429. The van der Waals surface area contributed by atoms with Gasteiger partial charge in [-0.3, -0.25) is 4.90 Å². The Labute approximate surface area is 154 Å². The number of aromatic hydroxyl groups is 1. The highest BCUT2D eigenvalue weighted by Gasteiger charge is 2.45. The van der Waals surface area contributed by atoms with Crippen LogP contribution in [0.3, 0.4) is 0 Å². The van der Waals surface area contributed by atoms with E-state index in [1.165, 1.54) is 11.1 Å². The number of phenolic OH excluding ortho intramolecular Hbond substituents is 1. The second-order valence-corrected chi connectivity index (χ2v) is 7.29. The van der Waals surface area contributed by atoms with Crippen LogP contribution in [0.25, 0.3) is 11.1 Å². The topological polar surface area (TPSA) is 51.2 Å². The first-order valence-corrected chi connectivity index (χ1v) is 8.85. The molecule has 1 N–H and O–H groups in total. The minimum Gasteiger partial charge on any atom is -0.504 e. The summed E-state index contributed by atoms with van der Waals surface area (Å²) < 4.78 is 16.8. The van der Waals surface area contributed by atoms with Gasteiger partial charge in [0.1, 0.15) is 0 Å².